The van der Waals surface area contributed by atoms with Gasteiger partial charge in [0.1, 0.15) is 30.3 Å². The zero-order valence-corrected chi connectivity index (χ0v) is 11.4. The molecule has 2 aromatic carbocycles. The number of fused-ring (bicyclic) bond motifs is 1. The van der Waals surface area contributed by atoms with Crippen molar-refractivity contribution in [3.8, 4) is 17.6 Å². The molecule has 0 bridgehead atoms. The van der Waals surface area contributed by atoms with Gasteiger partial charge in [0.25, 0.3) is 0 Å². The maximum atomic E-state index is 8.82. The molecule has 1 atom stereocenters. The van der Waals surface area contributed by atoms with Crippen molar-refractivity contribution in [2.24, 2.45) is 0 Å². The van der Waals surface area contributed by atoms with Gasteiger partial charge < -0.3 is 9.47 Å². The largest absolute Gasteiger partial charge is 0.490 e. The summed E-state index contributed by atoms with van der Waals surface area (Å²) in [5.74, 6) is 1.58. The fraction of sp³-hybridized carbons (Fsp3) is 0.188. The second-order valence-electron chi connectivity index (χ2n) is 4.62. The molecule has 4 heteroatoms. The minimum atomic E-state index is 0.0156. The first kappa shape index (κ1) is 12.8. The molecular weight excluding hydrogens is 274 g/mol. The Morgan fingerprint density at radius 1 is 1.30 bits per heavy atom. The highest BCUT2D eigenvalue weighted by Crippen LogP contribution is 2.29. The predicted octanol–water partition coefficient (Wildman–Crippen LogP) is 3.59. The molecule has 0 saturated heterocycles. The van der Waals surface area contributed by atoms with E-state index in [4.69, 9.17) is 26.3 Å². The number of benzene rings is 2. The Morgan fingerprint density at radius 2 is 2.15 bits per heavy atom. The monoisotopic (exact) mass is 285 g/mol. The van der Waals surface area contributed by atoms with Crippen LogP contribution in [0.3, 0.4) is 0 Å². The van der Waals surface area contributed by atoms with Crippen LogP contribution < -0.4 is 9.47 Å². The fourth-order valence-corrected chi connectivity index (χ4v) is 2.43. The first-order valence-electron chi connectivity index (χ1n) is 6.33. The number of para-hydroxylation sites is 1. The molecule has 1 aliphatic rings. The van der Waals surface area contributed by atoms with E-state index < -0.39 is 0 Å². The van der Waals surface area contributed by atoms with Crippen LogP contribution in [0, 0.1) is 11.3 Å². The Labute approximate surface area is 122 Å². The summed E-state index contributed by atoms with van der Waals surface area (Å²) in [7, 11) is 0. The van der Waals surface area contributed by atoms with Gasteiger partial charge in [0.2, 0.25) is 0 Å². The van der Waals surface area contributed by atoms with Crippen molar-refractivity contribution in [3.05, 3.63) is 58.6 Å². The molecule has 0 amide bonds. The maximum absolute atomic E-state index is 8.82. The first-order chi connectivity index (χ1) is 9.76. The molecule has 0 N–H and O–H groups in total. The summed E-state index contributed by atoms with van der Waals surface area (Å²) in [6, 6.07) is 15.1. The van der Waals surface area contributed by atoms with E-state index in [1.54, 1.807) is 18.2 Å². The second-order valence-corrected chi connectivity index (χ2v) is 5.02. The third-order valence-corrected chi connectivity index (χ3v) is 3.52. The third kappa shape index (κ3) is 2.56. The Morgan fingerprint density at radius 3 is 2.90 bits per heavy atom. The number of halogens is 1. The number of hydrogen-bond donors (Lipinski definition) is 0. The van der Waals surface area contributed by atoms with Crippen LogP contribution in [0.5, 0.6) is 11.5 Å². The highest BCUT2D eigenvalue weighted by Gasteiger charge is 2.22. The summed E-state index contributed by atoms with van der Waals surface area (Å²) in [6.45, 7) is 0.455. The van der Waals surface area contributed by atoms with E-state index in [2.05, 4.69) is 6.07 Å². The summed E-state index contributed by atoms with van der Waals surface area (Å²) >= 11 is 5.96. The number of ether oxygens (including phenoxy) is 2. The molecular formula is C16H12ClNO2. The van der Waals surface area contributed by atoms with E-state index in [1.165, 1.54) is 5.56 Å². The normalized spacial score (nSPS) is 16.1. The number of rotatable bonds is 3. The third-order valence-electron chi connectivity index (χ3n) is 3.21. The fourth-order valence-electron chi connectivity index (χ4n) is 2.21. The zero-order chi connectivity index (χ0) is 13.9. The molecule has 0 aliphatic carbocycles. The van der Waals surface area contributed by atoms with Gasteiger partial charge in [0.05, 0.1) is 10.6 Å². The lowest BCUT2D eigenvalue weighted by molar-refractivity contribution is 0.148. The highest BCUT2D eigenvalue weighted by atomic mass is 35.5. The van der Waals surface area contributed by atoms with Gasteiger partial charge >= 0.3 is 0 Å². The highest BCUT2D eigenvalue weighted by molar-refractivity contribution is 6.31. The average molecular weight is 286 g/mol. The Balaban J connectivity index is 1.62. The topological polar surface area (TPSA) is 42.2 Å². The summed E-state index contributed by atoms with van der Waals surface area (Å²) in [5.41, 5.74) is 1.66. The molecule has 20 heavy (non-hydrogen) atoms. The van der Waals surface area contributed by atoms with Crippen LogP contribution in [-0.4, -0.2) is 12.7 Å². The van der Waals surface area contributed by atoms with Crippen molar-refractivity contribution < 1.29 is 9.47 Å². The molecule has 3 rings (SSSR count). The van der Waals surface area contributed by atoms with Crippen LogP contribution in [0.1, 0.15) is 11.1 Å². The van der Waals surface area contributed by atoms with E-state index in [0.717, 1.165) is 12.2 Å². The van der Waals surface area contributed by atoms with Crippen molar-refractivity contribution in [2.45, 2.75) is 12.5 Å². The Hall–Kier alpha value is -2.18. The summed E-state index contributed by atoms with van der Waals surface area (Å²) in [4.78, 5) is 0. The second kappa shape index (κ2) is 5.44. The molecule has 3 nitrogen and oxygen atoms in total. The van der Waals surface area contributed by atoms with Crippen molar-refractivity contribution in [3.63, 3.8) is 0 Å². The van der Waals surface area contributed by atoms with E-state index in [-0.39, 0.29) is 6.10 Å². The van der Waals surface area contributed by atoms with Crippen molar-refractivity contribution in [1.82, 2.24) is 0 Å². The van der Waals surface area contributed by atoms with E-state index in [9.17, 15) is 0 Å². The molecule has 0 radical (unpaired) electrons. The molecule has 1 unspecified atom stereocenters. The van der Waals surface area contributed by atoms with Gasteiger partial charge in [-0.3, -0.25) is 0 Å². The van der Waals surface area contributed by atoms with Crippen LogP contribution >= 0.6 is 11.6 Å². The average Bonchev–Trinajstić information content (AvgIpc) is 2.88. The van der Waals surface area contributed by atoms with E-state index in [1.807, 2.05) is 24.3 Å². The van der Waals surface area contributed by atoms with E-state index in [0.29, 0.717) is 22.9 Å². The molecule has 1 heterocycles. The number of nitriles is 1. The molecule has 0 aromatic heterocycles. The molecule has 0 saturated carbocycles. The molecule has 100 valence electrons. The van der Waals surface area contributed by atoms with Gasteiger partial charge in [0.15, 0.2) is 0 Å². The van der Waals surface area contributed by atoms with Crippen LogP contribution in [0.15, 0.2) is 42.5 Å². The Bertz CT molecular complexity index is 653. The molecule has 0 spiro atoms. The standard InChI is InChI=1S/C16H12ClNO2/c17-15-8-13(6-5-12(15)9-18)19-10-14-7-11-3-1-2-4-16(11)20-14/h1-6,8,14H,7,10H2. The number of nitrogens with zero attached hydrogens (tertiary/aromatic N) is 1. The lowest BCUT2D eigenvalue weighted by atomic mass is 10.1. The van der Waals surface area contributed by atoms with Gasteiger partial charge in [0, 0.05) is 12.5 Å². The van der Waals surface area contributed by atoms with Crippen molar-refractivity contribution in [1.29, 1.82) is 5.26 Å². The van der Waals surface area contributed by atoms with Crippen LogP contribution in [0.4, 0.5) is 0 Å². The van der Waals surface area contributed by atoms with Crippen LogP contribution in [0.2, 0.25) is 5.02 Å². The lowest BCUT2D eigenvalue weighted by Crippen LogP contribution is -2.22. The summed E-state index contributed by atoms with van der Waals surface area (Å²) < 4.78 is 11.5. The SMILES string of the molecule is N#Cc1ccc(OCC2Cc3ccccc3O2)cc1Cl. The summed E-state index contributed by atoms with van der Waals surface area (Å²) in [6.07, 6.45) is 0.863. The zero-order valence-electron chi connectivity index (χ0n) is 10.7. The Kier molecular flexibility index (Phi) is 3.49. The minimum absolute atomic E-state index is 0.0156. The van der Waals surface area contributed by atoms with Crippen LogP contribution in [0.25, 0.3) is 0 Å². The van der Waals surface area contributed by atoms with Gasteiger partial charge in [-0.1, -0.05) is 29.8 Å². The quantitative estimate of drug-likeness (QED) is 0.865. The number of hydrogen-bond acceptors (Lipinski definition) is 3. The molecule has 2 aromatic rings. The molecule has 1 aliphatic heterocycles. The van der Waals surface area contributed by atoms with Gasteiger partial charge in [-0.2, -0.15) is 5.26 Å². The maximum Gasteiger partial charge on any atom is 0.137 e. The summed E-state index contributed by atoms with van der Waals surface area (Å²) in [5, 5.41) is 9.22. The van der Waals surface area contributed by atoms with Crippen LogP contribution in [-0.2, 0) is 6.42 Å². The van der Waals surface area contributed by atoms with E-state index >= 15 is 0 Å². The minimum Gasteiger partial charge on any atom is -0.490 e. The van der Waals surface area contributed by atoms with Gasteiger partial charge in [-0.05, 0) is 23.8 Å². The lowest BCUT2D eigenvalue weighted by Gasteiger charge is -2.12. The first-order valence-corrected chi connectivity index (χ1v) is 6.71. The van der Waals surface area contributed by atoms with Gasteiger partial charge in [-0.25, -0.2) is 0 Å². The van der Waals surface area contributed by atoms with Gasteiger partial charge in [-0.15, -0.1) is 0 Å². The molecule has 0 fully saturated rings. The smallest absolute Gasteiger partial charge is 0.137 e. The predicted molar refractivity (Wildman–Crippen MR) is 76.2 cm³/mol. The van der Waals surface area contributed by atoms with Crippen molar-refractivity contribution >= 4 is 11.6 Å². The van der Waals surface area contributed by atoms with Crippen molar-refractivity contribution in [2.75, 3.05) is 6.61 Å².